The SMILES string of the molecule is CCOc1cc(CN2CCC(C(=O)Nc3cccc(-c4ccc(Cl)cc4)c3)CC2)ccc1O. The predicted molar refractivity (Wildman–Crippen MR) is 133 cm³/mol. The van der Waals surface area contributed by atoms with Gasteiger partial charge in [0.15, 0.2) is 11.5 Å². The first-order valence-electron chi connectivity index (χ1n) is 11.4. The van der Waals surface area contributed by atoms with Gasteiger partial charge in [0.05, 0.1) is 6.61 Å². The van der Waals surface area contributed by atoms with Crippen LogP contribution in [0.3, 0.4) is 0 Å². The molecule has 0 bridgehead atoms. The molecule has 2 N–H and O–H groups in total. The van der Waals surface area contributed by atoms with Crippen molar-refractivity contribution < 1.29 is 14.6 Å². The molecule has 1 fully saturated rings. The first kappa shape index (κ1) is 23.1. The Bertz CT molecular complexity index is 1090. The maximum atomic E-state index is 12.9. The van der Waals surface area contributed by atoms with Gasteiger partial charge in [-0.25, -0.2) is 0 Å². The highest BCUT2D eigenvalue weighted by Crippen LogP contribution is 2.29. The summed E-state index contributed by atoms with van der Waals surface area (Å²) in [6.07, 6.45) is 1.64. The molecule has 1 aliphatic heterocycles. The van der Waals surface area contributed by atoms with Crippen molar-refractivity contribution in [2.45, 2.75) is 26.3 Å². The number of nitrogens with one attached hydrogen (secondary N) is 1. The third-order valence-electron chi connectivity index (χ3n) is 6.00. The summed E-state index contributed by atoms with van der Waals surface area (Å²) in [4.78, 5) is 15.2. The third kappa shape index (κ3) is 6.06. The zero-order valence-corrected chi connectivity index (χ0v) is 19.5. The molecule has 33 heavy (non-hydrogen) atoms. The summed E-state index contributed by atoms with van der Waals surface area (Å²) in [7, 11) is 0. The van der Waals surface area contributed by atoms with Crippen molar-refractivity contribution in [1.29, 1.82) is 0 Å². The topological polar surface area (TPSA) is 61.8 Å². The van der Waals surface area contributed by atoms with Gasteiger partial charge in [0.25, 0.3) is 0 Å². The summed E-state index contributed by atoms with van der Waals surface area (Å²) in [6.45, 7) is 4.90. The van der Waals surface area contributed by atoms with Crippen molar-refractivity contribution in [2.24, 2.45) is 5.92 Å². The van der Waals surface area contributed by atoms with Crippen LogP contribution in [0.15, 0.2) is 66.7 Å². The van der Waals surface area contributed by atoms with Crippen LogP contribution < -0.4 is 10.1 Å². The van der Waals surface area contributed by atoms with Crippen molar-refractivity contribution >= 4 is 23.2 Å². The monoisotopic (exact) mass is 464 g/mol. The van der Waals surface area contributed by atoms with Gasteiger partial charge in [-0.1, -0.05) is 41.9 Å². The van der Waals surface area contributed by atoms with Crippen LogP contribution >= 0.6 is 11.6 Å². The fraction of sp³-hybridized carbons (Fsp3) is 0.296. The molecule has 1 heterocycles. The van der Waals surface area contributed by atoms with Gasteiger partial charge < -0.3 is 15.2 Å². The zero-order valence-electron chi connectivity index (χ0n) is 18.8. The molecule has 0 aliphatic carbocycles. The Morgan fingerprint density at radius 2 is 1.82 bits per heavy atom. The van der Waals surface area contributed by atoms with E-state index in [1.807, 2.05) is 67.6 Å². The Balaban J connectivity index is 1.31. The summed E-state index contributed by atoms with van der Waals surface area (Å²) in [5.74, 6) is 0.756. The van der Waals surface area contributed by atoms with Gasteiger partial charge in [0.1, 0.15) is 0 Å². The van der Waals surface area contributed by atoms with Crippen LogP contribution in [-0.2, 0) is 11.3 Å². The van der Waals surface area contributed by atoms with Gasteiger partial charge in [-0.05, 0) is 85.9 Å². The third-order valence-corrected chi connectivity index (χ3v) is 6.25. The number of hydrogen-bond donors (Lipinski definition) is 2. The molecule has 0 radical (unpaired) electrons. The van der Waals surface area contributed by atoms with E-state index in [1.165, 1.54) is 0 Å². The molecule has 4 rings (SSSR count). The molecular weight excluding hydrogens is 436 g/mol. The molecule has 0 spiro atoms. The number of anilines is 1. The predicted octanol–water partition coefficient (Wildman–Crippen LogP) is 5.96. The van der Waals surface area contributed by atoms with Crippen molar-refractivity contribution in [3.05, 3.63) is 77.3 Å². The second-order valence-electron chi connectivity index (χ2n) is 8.36. The van der Waals surface area contributed by atoms with Crippen LogP contribution in [-0.4, -0.2) is 35.6 Å². The quantitative estimate of drug-likeness (QED) is 0.452. The van der Waals surface area contributed by atoms with Gasteiger partial charge in [0.2, 0.25) is 5.91 Å². The van der Waals surface area contributed by atoms with Gasteiger partial charge in [-0.3, -0.25) is 9.69 Å². The number of hydrogen-bond acceptors (Lipinski definition) is 4. The average Bonchev–Trinajstić information content (AvgIpc) is 2.82. The molecular formula is C27H29ClN2O3. The van der Waals surface area contributed by atoms with Crippen LogP contribution in [0.5, 0.6) is 11.5 Å². The normalized spacial score (nSPS) is 14.7. The van der Waals surface area contributed by atoms with Gasteiger partial charge in [0, 0.05) is 23.2 Å². The van der Waals surface area contributed by atoms with Crippen molar-refractivity contribution in [3.8, 4) is 22.6 Å². The van der Waals surface area contributed by atoms with E-state index in [-0.39, 0.29) is 17.6 Å². The van der Waals surface area contributed by atoms with E-state index in [0.29, 0.717) is 17.4 Å². The molecule has 0 saturated carbocycles. The van der Waals surface area contributed by atoms with Gasteiger partial charge in [-0.15, -0.1) is 0 Å². The lowest BCUT2D eigenvalue weighted by Crippen LogP contribution is -2.37. The highest BCUT2D eigenvalue weighted by atomic mass is 35.5. The number of nitrogens with zero attached hydrogens (tertiary/aromatic N) is 1. The molecule has 0 unspecified atom stereocenters. The summed E-state index contributed by atoms with van der Waals surface area (Å²) in [5.41, 5.74) is 4.01. The number of rotatable bonds is 7. The molecule has 0 aromatic heterocycles. The fourth-order valence-electron chi connectivity index (χ4n) is 4.20. The Morgan fingerprint density at radius 3 is 2.55 bits per heavy atom. The number of ether oxygens (including phenoxy) is 1. The molecule has 1 aliphatic rings. The number of phenols is 1. The maximum absolute atomic E-state index is 12.9. The first-order chi connectivity index (χ1) is 16.0. The number of halogens is 1. The number of likely N-dealkylation sites (tertiary alicyclic amines) is 1. The van der Waals surface area contributed by atoms with Crippen LogP contribution in [0.1, 0.15) is 25.3 Å². The van der Waals surface area contributed by atoms with Crippen LogP contribution in [0, 0.1) is 5.92 Å². The number of aromatic hydroxyl groups is 1. The van der Waals surface area contributed by atoms with E-state index < -0.39 is 0 Å². The summed E-state index contributed by atoms with van der Waals surface area (Å²) >= 11 is 5.99. The van der Waals surface area contributed by atoms with Crippen LogP contribution in [0.2, 0.25) is 5.02 Å². The number of phenolic OH excluding ortho intramolecular Hbond substituents is 1. The minimum atomic E-state index is -0.000702. The largest absolute Gasteiger partial charge is 0.504 e. The Morgan fingerprint density at radius 1 is 1.06 bits per heavy atom. The highest BCUT2D eigenvalue weighted by molar-refractivity contribution is 6.30. The van der Waals surface area contributed by atoms with Crippen LogP contribution in [0.4, 0.5) is 5.69 Å². The highest BCUT2D eigenvalue weighted by Gasteiger charge is 2.25. The van der Waals surface area contributed by atoms with E-state index in [2.05, 4.69) is 10.2 Å². The summed E-state index contributed by atoms with van der Waals surface area (Å²) in [6, 6.07) is 21.1. The van der Waals surface area contributed by atoms with E-state index in [1.54, 1.807) is 6.07 Å². The molecule has 3 aromatic rings. The lowest BCUT2D eigenvalue weighted by molar-refractivity contribution is -0.121. The minimum Gasteiger partial charge on any atom is -0.504 e. The Kier molecular flexibility index (Phi) is 7.53. The van der Waals surface area contributed by atoms with Crippen LogP contribution in [0.25, 0.3) is 11.1 Å². The molecule has 1 saturated heterocycles. The standard InChI is InChI=1S/C27H29ClN2O3/c1-2-33-26-16-19(6-11-25(26)31)18-30-14-12-21(13-15-30)27(32)29-24-5-3-4-22(17-24)20-7-9-23(28)10-8-20/h3-11,16-17,21,31H,2,12-15,18H2,1H3,(H,29,32). The molecule has 172 valence electrons. The fourth-order valence-corrected chi connectivity index (χ4v) is 4.33. The Hall–Kier alpha value is -3.02. The molecule has 0 atom stereocenters. The average molecular weight is 465 g/mol. The summed E-state index contributed by atoms with van der Waals surface area (Å²) in [5, 5.41) is 13.7. The smallest absolute Gasteiger partial charge is 0.227 e. The molecule has 3 aromatic carbocycles. The number of benzene rings is 3. The second-order valence-corrected chi connectivity index (χ2v) is 8.80. The van der Waals surface area contributed by atoms with Crippen molar-refractivity contribution in [3.63, 3.8) is 0 Å². The number of amides is 1. The molecule has 6 heteroatoms. The zero-order chi connectivity index (χ0) is 23.2. The number of piperidine rings is 1. The van der Waals surface area contributed by atoms with E-state index >= 15 is 0 Å². The molecule has 1 amide bonds. The summed E-state index contributed by atoms with van der Waals surface area (Å²) < 4.78 is 5.49. The van der Waals surface area contributed by atoms with Crippen molar-refractivity contribution in [2.75, 3.05) is 25.0 Å². The maximum Gasteiger partial charge on any atom is 0.227 e. The lowest BCUT2D eigenvalue weighted by atomic mass is 9.95. The molecule has 5 nitrogen and oxygen atoms in total. The van der Waals surface area contributed by atoms with Gasteiger partial charge >= 0.3 is 0 Å². The number of carbonyl (C=O) groups excluding carboxylic acids is 1. The van der Waals surface area contributed by atoms with Gasteiger partial charge in [-0.2, -0.15) is 0 Å². The first-order valence-corrected chi connectivity index (χ1v) is 11.7. The van der Waals surface area contributed by atoms with Crippen molar-refractivity contribution in [1.82, 2.24) is 4.90 Å². The minimum absolute atomic E-state index is 0.000702. The lowest BCUT2D eigenvalue weighted by Gasteiger charge is -2.31. The second kappa shape index (κ2) is 10.7. The number of carbonyl (C=O) groups is 1. The Labute approximate surface area is 200 Å². The van der Waals surface area contributed by atoms with E-state index in [0.717, 1.165) is 54.9 Å². The van der Waals surface area contributed by atoms with E-state index in [9.17, 15) is 9.90 Å². The van der Waals surface area contributed by atoms with E-state index in [4.69, 9.17) is 16.3 Å².